The van der Waals surface area contributed by atoms with Crippen molar-refractivity contribution in [1.82, 2.24) is 15.1 Å². The molecule has 0 bridgehead atoms. The summed E-state index contributed by atoms with van der Waals surface area (Å²) in [6, 6.07) is -1.88. The highest BCUT2D eigenvalue weighted by molar-refractivity contribution is 5.90. The van der Waals surface area contributed by atoms with Gasteiger partial charge in [-0.3, -0.25) is 19.3 Å². The summed E-state index contributed by atoms with van der Waals surface area (Å²) < 4.78 is 0. The molecule has 140 valence electrons. The molecule has 0 aliphatic carbocycles. The van der Waals surface area contributed by atoms with Gasteiger partial charge in [0.05, 0.1) is 12.0 Å². The Balaban J connectivity index is 1.94. The number of likely N-dealkylation sites (tertiary alicyclic amines) is 2. The molecule has 0 aromatic rings. The number of carbonyl (C=O) groups is 4. The van der Waals surface area contributed by atoms with E-state index in [0.29, 0.717) is 32.4 Å². The number of rotatable bonds is 5. The van der Waals surface area contributed by atoms with Gasteiger partial charge in [0.15, 0.2) is 0 Å². The molecule has 0 saturated carbocycles. The van der Waals surface area contributed by atoms with Crippen molar-refractivity contribution in [3.63, 3.8) is 0 Å². The maximum Gasteiger partial charge on any atom is 0.407 e. The Morgan fingerprint density at radius 3 is 2.44 bits per heavy atom. The van der Waals surface area contributed by atoms with Gasteiger partial charge >= 0.3 is 6.09 Å². The molecule has 4 atom stereocenters. The standard InChI is InChI=1S/C15H24N4O6/c1-8(20)11(12(16)21)17-13(22)9-4-6-18(7-9)14(23)10-3-2-5-19(10)15(24)25/h8-11,20H,2-7H2,1H3,(H2,16,21)(H,17,22)(H,24,25)/t8-,9-,10+,11+/m1/s1. The van der Waals surface area contributed by atoms with Crippen molar-refractivity contribution in [2.75, 3.05) is 19.6 Å². The molecule has 4 amide bonds. The highest BCUT2D eigenvalue weighted by Gasteiger charge is 2.40. The number of carbonyl (C=O) groups excluding carboxylic acids is 3. The minimum absolute atomic E-state index is 0.153. The molecule has 2 saturated heterocycles. The Labute approximate surface area is 144 Å². The van der Waals surface area contributed by atoms with Crippen LogP contribution in [0.25, 0.3) is 0 Å². The number of nitrogens with zero attached hydrogens (tertiary/aromatic N) is 2. The van der Waals surface area contributed by atoms with Crippen LogP contribution in [0.3, 0.4) is 0 Å². The highest BCUT2D eigenvalue weighted by Crippen LogP contribution is 2.24. The summed E-state index contributed by atoms with van der Waals surface area (Å²) in [5.74, 6) is -2.11. The zero-order valence-electron chi connectivity index (χ0n) is 14.1. The van der Waals surface area contributed by atoms with E-state index in [4.69, 9.17) is 10.8 Å². The molecule has 0 unspecified atom stereocenters. The first kappa shape index (κ1) is 19.0. The fourth-order valence-corrected chi connectivity index (χ4v) is 3.34. The van der Waals surface area contributed by atoms with E-state index in [-0.39, 0.29) is 12.5 Å². The van der Waals surface area contributed by atoms with Crippen molar-refractivity contribution < 1.29 is 29.4 Å². The van der Waals surface area contributed by atoms with E-state index in [9.17, 15) is 24.3 Å². The van der Waals surface area contributed by atoms with E-state index < -0.39 is 42.0 Å². The zero-order chi connectivity index (χ0) is 18.7. The summed E-state index contributed by atoms with van der Waals surface area (Å²) in [5.41, 5.74) is 5.15. The van der Waals surface area contributed by atoms with E-state index in [1.54, 1.807) is 0 Å². The normalized spacial score (nSPS) is 25.5. The van der Waals surface area contributed by atoms with Gasteiger partial charge in [-0.05, 0) is 26.2 Å². The third-order valence-electron chi connectivity index (χ3n) is 4.74. The monoisotopic (exact) mass is 356 g/mol. The lowest BCUT2D eigenvalue weighted by molar-refractivity contribution is -0.135. The summed E-state index contributed by atoms with van der Waals surface area (Å²) >= 11 is 0. The summed E-state index contributed by atoms with van der Waals surface area (Å²) in [5, 5.41) is 21.0. The number of primary amides is 1. The lowest BCUT2D eigenvalue weighted by Gasteiger charge is -2.26. The summed E-state index contributed by atoms with van der Waals surface area (Å²) in [4.78, 5) is 49.8. The third kappa shape index (κ3) is 4.19. The molecule has 2 heterocycles. The van der Waals surface area contributed by atoms with Crippen molar-refractivity contribution in [3.05, 3.63) is 0 Å². The van der Waals surface area contributed by atoms with Crippen LogP contribution in [0.2, 0.25) is 0 Å². The van der Waals surface area contributed by atoms with Crippen LogP contribution in [0.15, 0.2) is 0 Å². The number of nitrogens with two attached hydrogens (primary N) is 1. The van der Waals surface area contributed by atoms with Gasteiger partial charge in [-0.2, -0.15) is 0 Å². The average Bonchev–Trinajstić information content (AvgIpc) is 3.19. The summed E-state index contributed by atoms with van der Waals surface area (Å²) in [6.45, 7) is 2.18. The van der Waals surface area contributed by atoms with Crippen LogP contribution < -0.4 is 11.1 Å². The van der Waals surface area contributed by atoms with E-state index in [1.807, 2.05) is 0 Å². The highest BCUT2D eigenvalue weighted by atomic mass is 16.4. The molecule has 0 aromatic heterocycles. The largest absolute Gasteiger partial charge is 0.465 e. The molecular formula is C15H24N4O6. The van der Waals surface area contributed by atoms with E-state index in [0.717, 1.165) is 4.90 Å². The molecule has 0 radical (unpaired) electrons. The van der Waals surface area contributed by atoms with Crippen molar-refractivity contribution in [3.8, 4) is 0 Å². The fraction of sp³-hybridized carbons (Fsp3) is 0.733. The van der Waals surface area contributed by atoms with Crippen LogP contribution in [0.5, 0.6) is 0 Å². The predicted molar refractivity (Wildman–Crippen MR) is 85.2 cm³/mol. The lowest BCUT2D eigenvalue weighted by atomic mass is 10.1. The summed E-state index contributed by atoms with van der Waals surface area (Å²) in [7, 11) is 0. The first-order valence-electron chi connectivity index (χ1n) is 8.28. The maximum atomic E-state index is 12.5. The number of nitrogens with one attached hydrogen (secondary N) is 1. The number of hydrogen-bond acceptors (Lipinski definition) is 5. The second-order valence-electron chi connectivity index (χ2n) is 6.53. The molecule has 0 aromatic carbocycles. The number of hydrogen-bond donors (Lipinski definition) is 4. The number of amides is 4. The van der Waals surface area contributed by atoms with Crippen LogP contribution in [-0.2, 0) is 14.4 Å². The van der Waals surface area contributed by atoms with Crippen molar-refractivity contribution >= 4 is 23.8 Å². The van der Waals surface area contributed by atoms with Crippen molar-refractivity contribution in [2.45, 2.75) is 44.4 Å². The minimum atomic E-state index is -1.19. The molecule has 0 spiro atoms. The molecule has 10 heteroatoms. The SMILES string of the molecule is C[C@@H](O)[C@H](NC(=O)[C@@H]1CCN(C(=O)[C@@H]2CCCN2C(=O)O)C1)C(N)=O. The lowest BCUT2D eigenvalue weighted by Crippen LogP contribution is -2.52. The van der Waals surface area contributed by atoms with Crippen LogP contribution in [0.1, 0.15) is 26.2 Å². The van der Waals surface area contributed by atoms with Gasteiger partial charge < -0.3 is 26.2 Å². The quantitative estimate of drug-likeness (QED) is 0.462. The summed E-state index contributed by atoms with van der Waals surface area (Å²) in [6.07, 6.45) is -0.726. The maximum absolute atomic E-state index is 12.5. The molecule has 2 fully saturated rings. The van der Waals surface area contributed by atoms with Crippen molar-refractivity contribution in [1.29, 1.82) is 0 Å². The molecule has 2 aliphatic heterocycles. The van der Waals surface area contributed by atoms with Crippen LogP contribution >= 0.6 is 0 Å². The molecule has 2 aliphatic rings. The van der Waals surface area contributed by atoms with Gasteiger partial charge in [-0.15, -0.1) is 0 Å². The van der Waals surface area contributed by atoms with Gasteiger partial charge in [-0.25, -0.2) is 4.79 Å². The second kappa shape index (κ2) is 7.68. The molecule has 10 nitrogen and oxygen atoms in total. The van der Waals surface area contributed by atoms with E-state index in [1.165, 1.54) is 11.8 Å². The molecular weight excluding hydrogens is 332 g/mol. The molecule has 25 heavy (non-hydrogen) atoms. The predicted octanol–water partition coefficient (Wildman–Crippen LogP) is -1.67. The molecule has 2 rings (SSSR count). The number of aliphatic hydroxyl groups excluding tert-OH is 1. The Kier molecular flexibility index (Phi) is 5.83. The average molecular weight is 356 g/mol. The fourth-order valence-electron chi connectivity index (χ4n) is 3.34. The van der Waals surface area contributed by atoms with Gasteiger partial charge in [-0.1, -0.05) is 0 Å². The van der Waals surface area contributed by atoms with Crippen molar-refractivity contribution in [2.24, 2.45) is 11.7 Å². The van der Waals surface area contributed by atoms with Crippen LogP contribution in [-0.4, -0.2) is 81.6 Å². The molecule has 5 N–H and O–H groups in total. The topological polar surface area (TPSA) is 153 Å². The minimum Gasteiger partial charge on any atom is -0.465 e. The van der Waals surface area contributed by atoms with Crippen LogP contribution in [0, 0.1) is 5.92 Å². The Morgan fingerprint density at radius 2 is 1.88 bits per heavy atom. The Bertz CT molecular complexity index is 566. The Hall–Kier alpha value is -2.36. The zero-order valence-corrected chi connectivity index (χ0v) is 14.1. The number of aliphatic hydroxyl groups is 1. The van der Waals surface area contributed by atoms with Gasteiger partial charge in [0, 0.05) is 19.6 Å². The van der Waals surface area contributed by atoms with E-state index in [2.05, 4.69) is 5.32 Å². The van der Waals surface area contributed by atoms with Crippen LogP contribution in [0.4, 0.5) is 4.79 Å². The van der Waals surface area contributed by atoms with Gasteiger partial charge in [0.1, 0.15) is 12.1 Å². The van der Waals surface area contributed by atoms with E-state index >= 15 is 0 Å². The second-order valence-corrected chi connectivity index (χ2v) is 6.53. The number of carboxylic acid groups (broad SMARTS) is 1. The first-order valence-corrected chi connectivity index (χ1v) is 8.28. The Morgan fingerprint density at radius 1 is 1.20 bits per heavy atom. The smallest absolute Gasteiger partial charge is 0.407 e. The van der Waals surface area contributed by atoms with Gasteiger partial charge in [0.2, 0.25) is 17.7 Å². The third-order valence-corrected chi connectivity index (χ3v) is 4.74. The van der Waals surface area contributed by atoms with Gasteiger partial charge in [0.25, 0.3) is 0 Å². The first-order chi connectivity index (χ1) is 11.7.